The van der Waals surface area contributed by atoms with Crippen LogP contribution in [0.3, 0.4) is 0 Å². The second-order valence-corrected chi connectivity index (χ2v) is 5.79. The molecule has 2 aliphatic rings. The second-order valence-electron chi connectivity index (χ2n) is 5.79. The van der Waals surface area contributed by atoms with E-state index in [1.54, 1.807) is 33.0 Å². The molecule has 2 saturated heterocycles. The molecule has 0 unspecified atom stereocenters. The summed E-state index contributed by atoms with van der Waals surface area (Å²) in [6, 6.07) is 1.73. The van der Waals surface area contributed by atoms with Gasteiger partial charge in [0.25, 0.3) is 0 Å². The van der Waals surface area contributed by atoms with Gasteiger partial charge in [-0.25, -0.2) is 4.79 Å². The second kappa shape index (κ2) is 5.01. The van der Waals surface area contributed by atoms with Gasteiger partial charge in [0.15, 0.2) is 12.0 Å². The van der Waals surface area contributed by atoms with Crippen molar-refractivity contribution in [3.05, 3.63) is 28.4 Å². The number of carbonyl (C=O) groups is 1. The van der Waals surface area contributed by atoms with Gasteiger partial charge in [-0.3, -0.25) is 4.57 Å². The monoisotopic (exact) mass is 294 g/mol. The minimum Gasteiger partial charge on any atom is -0.348 e. The first-order valence-electron chi connectivity index (χ1n) is 6.92. The smallest absolute Gasteiger partial charge is 0.348 e. The fourth-order valence-corrected chi connectivity index (χ4v) is 2.86. The van der Waals surface area contributed by atoms with E-state index >= 15 is 0 Å². The average molecular weight is 294 g/mol. The molecule has 0 amide bonds. The highest BCUT2D eigenvalue weighted by molar-refractivity contribution is 5.50. The van der Waals surface area contributed by atoms with Gasteiger partial charge in [-0.2, -0.15) is 4.98 Å². The van der Waals surface area contributed by atoms with Gasteiger partial charge < -0.3 is 19.0 Å². The lowest BCUT2D eigenvalue weighted by atomic mass is 10.1. The highest BCUT2D eigenvalue weighted by atomic mass is 16.8. The van der Waals surface area contributed by atoms with Gasteiger partial charge in [0.05, 0.1) is 6.10 Å². The van der Waals surface area contributed by atoms with E-state index in [1.807, 2.05) is 0 Å². The molecule has 3 rings (SSSR count). The molecule has 114 valence electrons. The Morgan fingerprint density at radius 1 is 1.38 bits per heavy atom. The summed E-state index contributed by atoms with van der Waals surface area (Å²) in [5, 5.41) is 0. The van der Waals surface area contributed by atoms with Crippen LogP contribution in [0.5, 0.6) is 0 Å². The van der Waals surface area contributed by atoms with E-state index in [9.17, 15) is 9.59 Å². The number of aryl methyl sites for hydroxylation is 1. The maximum Gasteiger partial charge on any atom is 0.349 e. The summed E-state index contributed by atoms with van der Waals surface area (Å²) in [7, 11) is 0. The number of hydrogen-bond acceptors (Lipinski definition) is 6. The number of nitrogens with zero attached hydrogens (tertiary/aromatic N) is 2. The Hall–Kier alpha value is -1.57. The summed E-state index contributed by atoms with van der Waals surface area (Å²) >= 11 is 0. The van der Waals surface area contributed by atoms with Crippen LogP contribution >= 0.6 is 0 Å². The summed E-state index contributed by atoms with van der Waals surface area (Å²) in [5.41, 5.74) is 0.234. The maximum atomic E-state index is 12.0. The number of hydrogen-bond donors (Lipinski definition) is 0. The van der Waals surface area contributed by atoms with Crippen LogP contribution in [0.25, 0.3) is 0 Å². The molecule has 0 radical (unpaired) electrons. The molecule has 0 N–H and O–H groups in total. The van der Waals surface area contributed by atoms with Crippen LogP contribution in [0.15, 0.2) is 17.1 Å². The highest BCUT2D eigenvalue weighted by Gasteiger charge is 2.55. The SMILES string of the molecule is Cc1ccn([C@@H]2O[C@H](CC=O)[C@H]3OC(C)(C)O[C@H]32)c(=O)n1. The molecule has 1 aromatic rings. The van der Waals surface area contributed by atoms with Crippen LogP contribution in [-0.4, -0.2) is 39.9 Å². The van der Waals surface area contributed by atoms with Gasteiger partial charge in [-0.1, -0.05) is 0 Å². The lowest BCUT2D eigenvalue weighted by Crippen LogP contribution is -2.34. The number of rotatable bonds is 3. The third-order valence-corrected chi connectivity index (χ3v) is 3.70. The molecule has 7 heteroatoms. The first kappa shape index (κ1) is 14.4. The molecule has 0 saturated carbocycles. The van der Waals surface area contributed by atoms with E-state index in [1.165, 1.54) is 4.57 Å². The molecule has 0 aromatic carbocycles. The number of fused-ring (bicyclic) bond motifs is 1. The molecule has 1 aromatic heterocycles. The van der Waals surface area contributed by atoms with Crippen molar-refractivity contribution in [3.8, 4) is 0 Å². The van der Waals surface area contributed by atoms with E-state index in [0.29, 0.717) is 5.69 Å². The van der Waals surface area contributed by atoms with Gasteiger partial charge in [0, 0.05) is 18.3 Å². The zero-order chi connectivity index (χ0) is 15.2. The Morgan fingerprint density at radius 3 is 2.76 bits per heavy atom. The Labute approximate surface area is 121 Å². The van der Waals surface area contributed by atoms with Crippen LogP contribution in [0.1, 0.15) is 32.2 Å². The van der Waals surface area contributed by atoms with Gasteiger partial charge in [-0.15, -0.1) is 0 Å². The van der Waals surface area contributed by atoms with Crippen LogP contribution in [0, 0.1) is 6.92 Å². The van der Waals surface area contributed by atoms with E-state index in [2.05, 4.69) is 4.98 Å². The lowest BCUT2D eigenvalue weighted by Gasteiger charge is -2.24. The molecule has 21 heavy (non-hydrogen) atoms. The van der Waals surface area contributed by atoms with E-state index in [0.717, 1.165) is 6.29 Å². The Balaban J connectivity index is 1.95. The summed E-state index contributed by atoms with van der Waals surface area (Å²) in [5.74, 6) is -0.764. The van der Waals surface area contributed by atoms with E-state index in [-0.39, 0.29) is 12.5 Å². The predicted molar refractivity (Wildman–Crippen MR) is 71.7 cm³/mol. The van der Waals surface area contributed by atoms with Crippen LogP contribution in [0.2, 0.25) is 0 Å². The van der Waals surface area contributed by atoms with Crippen LogP contribution in [0.4, 0.5) is 0 Å². The molecule has 2 fully saturated rings. The Morgan fingerprint density at radius 2 is 2.10 bits per heavy atom. The zero-order valence-corrected chi connectivity index (χ0v) is 12.2. The third kappa shape index (κ3) is 2.52. The maximum absolute atomic E-state index is 12.0. The normalized spacial score (nSPS) is 33.9. The van der Waals surface area contributed by atoms with Crippen molar-refractivity contribution >= 4 is 6.29 Å². The minimum absolute atomic E-state index is 0.200. The van der Waals surface area contributed by atoms with Gasteiger partial charge >= 0.3 is 5.69 Å². The topological polar surface area (TPSA) is 79.6 Å². The van der Waals surface area contributed by atoms with E-state index < -0.39 is 29.9 Å². The fraction of sp³-hybridized carbons (Fsp3) is 0.643. The molecule has 0 bridgehead atoms. The first-order chi connectivity index (χ1) is 9.91. The molecule has 2 aliphatic heterocycles. The largest absolute Gasteiger partial charge is 0.349 e. The summed E-state index contributed by atoms with van der Waals surface area (Å²) in [4.78, 5) is 26.8. The zero-order valence-electron chi connectivity index (χ0n) is 12.2. The quantitative estimate of drug-likeness (QED) is 0.758. The Bertz CT molecular complexity index is 612. The molecular weight excluding hydrogens is 276 g/mol. The van der Waals surface area contributed by atoms with Gasteiger partial charge in [-0.05, 0) is 26.8 Å². The van der Waals surface area contributed by atoms with Crippen molar-refractivity contribution in [1.29, 1.82) is 0 Å². The lowest BCUT2D eigenvalue weighted by molar-refractivity contribution is -0.197. The van der Waals surface area contributed by atoms with E-state index in [4.69, 9.17) is 14.2 Å². The summed E-state index contributed by atoms with van der Waals surface area (Å²) < 4.78 is 18.9. The van der Waals surface area contributed by atoms with Gasteiger partial charge in [0.1, 0.15) is 18.5 Å². The van der Waals surface area contributed by atoms with Crippen LogP contribution < -0.4 is 5.69 Å². The number of aromatic nitrogens is 2. The predicted octanol–water partition coefficient (Wildman–Crippen LogP) is 0.558. The minimum atomic E-state index is -0.764. The molecule has 0 aliphatic carbocycles. The highest BCUT2D eigenvalue weighted by Crippen LogP contribution is 2.43. The molecular formula is C14H18N2O5. The summed E-state index contributed by atoms with van der Waals surface area (Å²) in [6.07, 6.45) is 0.746. The fourth-order valence-electron chi connectivity index (χ4n) is 2.86. The molecule has 0 spiro atoms. The molecule has 3 heterocycles. The van der Waals surface area contributed by atoms with Crippen molar-refractivity contribution in [2.75, 3.05) is 0 Å². The van der Waals surface area contributed by atoms with Crippen molar-refractivity contribution < 1.29 is 19.0 Å². The van der Waals surface area contributed by atoms with Crippen molar-refractivity contribution in [1.82, 2.24) is 9.55 Å². The standard InChI is InChI=1S/C14H18N2O5/c1-8-4-6-16(13(18)15-8)12-11-10(9(19-12)5-7-17)20-14(2,3)21-11/h4,6-7,9-12H,5H2,1-3H3/t9-,10-,11-,12-/m1/s1. The number of aldehydes is 1. The summed E-state index contributed by atoms with van der Waals surface area (Å²) in [6.45, 7) is 5.35. The molecule has 4 atom stereocenters. The average Bonchev–Trinajstić information content (AvgIpc) is 2.85. The van der Waals surface area contributed by atoms with Gasteiger partial charge in [0.2, 0.25) is 0 Å². The van der Waals surface area contributed by atoms with Crippen molar-refractivity contribution in [2.24, 2.45) is 0 Å². The number of carbonyl (C=O) groups excluding carboxylic acids is 1. The van der Waals surface area contributed by atoms with Crippen LogP contribution in [-0.2, 0) is 19.0 Å². The van der Waals surface area contributed by atoms with Crippen molar-refractivity contribution in [2.45, 2.75) is 57.5 Å². The third-order valence-electron chi connectivity index (χ3n) is 3.70. The first-order valence-corrected chi connectivity index (χ1v) is 6.92. The van der Waals surface area contributed by atoms with Crippen molar-refractivity contribution in [3.63, 3.8) is 0 Å². The molecule has 7 nitrogen and oxygen atoms in total. The number of ether oxygens (including phenoxy) is 3. The Kier molecular flexibility index (Phi) is 3.43.